The first kappa shape index (κ1) is 21.2. The van der Waals surface area contributed by atoms with Crippen LogP contribution < -0.4 is 4.74 Å². The summed E-state index contributed by atoms with van der Waals surface area (Å²) < 4.78 is 17.0. The van der Waals surface area contributed by atoms with Crippen LogP contribution in [0, 0.1) is 11.3 Å². The van der Waals surface area contributed by atoms with Crippen molar-refractivity contribution in [3.63, 3.8) is 0 Å². The van der Waals surface area contributed by atoms with Crippen molar-refractivity contribution < 1.29 is 18.7 Å². The number of ether oxygens (including phenoxy) is 2. The lowest BCUT2D eigenvalue weighted by Crippen LogP contribution is -2.09. The number of rotatable bonds is 8. The molecule has 2 aromatic carbocycles. The largest absolute Gasteiger partial charge is 0.489 e. The molecule has 0 fully saturated rings. The number of esters is 1. The van der Waals surface area contributed by atoms with Crippen LogP contribution in [0.25, 0.3) is 16.5 Å². The molecule has 0 spiro atoms. The number of furan rings is 1. The quantitative estimate of drug-likeness (QED) is 0.459. The first-order valence-corrected chi connectivity index (χ1v) is 9.97. The van der Waals surface area contributed by atoms with Crippen molar-refractivity contribution in [3.05, 3.63) is 71.0 Å². The highest BCUT2D eigenvalue weighted by molar-refractivity contribution is 5.90. The average molecular weight is 403 g/mol. The normalized spacial score (nSPS) is 10.6. The summed E-state index contributed by atoms with van der Waals surface area (Å²) in [4.78, 5) is 11.9. The molecule has 0 saturated heterocycles. The van der Waals surface area contributed by atoms with E-state index in [1.807, 2.05) is 25.1 Å². The van der Waals surface area contributed by atoms with Crippen molar-refractivity contribution in [1.29, 1.82) is 5.26 Å². The van der Waals surface area contributed by atoms with Crippen LogP contribution in [-0.2, 0) is 29.0 Å². The van der Waals surface area contributed by atoms with Crippen molar-refractivity contribution in [3.8, 4) is 11.8 Å². The summed E-state index contributed by atoms with van der Waals surface area (Å²) in [5.41, 5.74) is 4.80. The Bertz CT molecular complexity index is 1130. The van der Waals surface area contributed by atoms with Gasteiger partial charge in [0.1, 0.15) is 23.7 Å². The van der Waals surface area contributed by atoms with E-state index in [1.165, 1.54) is 0 Å². The number of allylic oxidation sites excluding steroid dienone is 1. The van der Waals surface area contributed by atoms with Gasteiger partial charge in [-0.3, -0.25) is 4.79 Å². The van der Waals surface area contributed by atoms with E-state index < -0.39 is 0 Å². The molecule has 0 unspecified atom stereocenters. The molecule has 1 heterocycles. The topological polar surface area (TPSA) is 72.5 Å². The SMILES string of the molecule is C=C(C)c1cc(COc2cc(C#N)ccc2CC(=O)OCC)cc2cc(CC)oc12. The maximum atomic E-state index is 11.9. The molecular weight excluding hydrogens is 378 g/mol. The summed E-state index contributed by atoms with van der Waals surface area (Å²) in [5, 5.41) is 10.2. The van der Waals surface area contributed by atoms with E-state index in [-0.39, 0.29) is 19.0 Å². The number of nitriles is 1. The number of nitrogens with zero attached hydrogens (tertiary/aromatic N) is 1. The van der Waals surface area contributed by atoms with Gasteiger partial charge in [0.05, 0.1) is 24.7 Å². The first-order valence-electron chi connectivity index (χ1n) is 9.97. The van der Waals surface area contributed by atoms with Crippen molar-refractivity contribution in [2.75, 3.05) is 6.61 Å². The molecule has 0 aliphatic heterocycles. The minimum atomic E-state index is -0.330. The van der Waals surface area contributed by atoms with Gasteiger partial charge in [0, 0.05) is 22.9 Å². The number of fused-ring (bicyclic) bond motifs is 1. The Kier molecular flexibility index (Phi) is 6.58. The van der Waals surface area contributed by atoms with Crippen LogP contribution in [0.3, 0.4) is 0 Å². The minimum absolute atomic E-state index is 0.0898. The van der Waals surface area contributed by atoms with E-state index in [4.69, 9.17) is 13.9 Å². The summed E-state index contributed by atoms with van der Waals surface area (Å²) in [6, 6.07) is 13.2. The Hall–Kier alpha value is -3.52. The standard InChI is InChI=1S/C25H25NO4/c1-5-21-12-20-9-18(10-22(16(3)4)25(20)30-21)15-29-23-11-17(14-26)7-8-19(23)13-24(27)28-6-2/h7-12H,3,5-6,13,15H2,1-2,4H3. The van der Waals surface area contributed by atoms with E-state index in [2.05, 4.69) is 19.6 Å². The average Bonchev–Trinajstić information content (AvgIpc) is 3.15. The number of benzene rings is 2. The van der Waals surface area contributed by atoms with Gasteiger partial charge in [0.25, 0.3) is 0 Å². The highest BCUT2D eigenvalue weighted by Gasteiger charge is 2.14. The fourth-order valence-electron chi connectivity index (χ4n) is 3.28. The molecule has 0 radical (unpaired) electrons. The Balaban J connectivity index is 1.90. The maximum Gasteiger partial charge on any atom is 0.310 e. The van der Waals surface area contributed by atoms with Crippen LogP contribution >= 0.6 is 0 Å². The highest BCUT2D eigenvalue weighted by Crippen LogP contribution is 2.30. The number of aryl methyl sites for hydroxylation is 1. The van der Waals surface area contributed by atoms with Crippen molar-refractivity contribution >= 4 is 22.5 Å². The fourth-order valence-corrected chi connectivity index (χ4v) is 3.28. The molecule has 3 rings (SSSR count). The van der Waals surface area contributed by atoms with Gasteiger partial charge in [0.2, 0.25) is 0 Å². The molecule has 3 aromatic rings. The van der Waals surface area contributed by atoms with Crippen LogP contribution in [0.4, 0.5) is 0 Å². The predicted molar refractivity (Wildman–Crippen MR) is 116 cm³/mol. The first-order chi connectivity index (χ1) is 14.4. The van der Waals surface area contributed by atoms with Crippen molar-refractivity contribution in [1.82, 2.24) is 0 Å². The van der Waals surface area contributed by atoms with Crippen LogP contribution in [0.1, 0.15) is 48.8 Å². The molecule has 0 amide bonds. The number of hydrogen-bond acceptors (Lipinski definition) is 5. The number of hydrogen-bond donors (Lipinski definition) is 0. The lowest BCUT2D eigenvalue weighted by molar-refractivity contribution is -0.142. The van der Waals surface area contributed by atoms with E-state index in [0.717, 1.165) is 39.9 Å². The van der Waals surface area contributed by atoms with Gasteiger partial charge in [-0.2, -0.15) is 5.26 Å². The Morgan fingerprint density at radius 2 is 2.00 bits per heavy atom. The summed E-state index contributed by atoms with van der Waals surface area (Å²) in [6.07, 6.45) is 0.904. The van der Waals surface area contributed by atoms with Crippen LogP contribution in [-0.4, -0.2) is 12.6 Å². The van der Waals surface area contributed by atoms with Crippen LogP contribution in [0.2, 0.25) is 0 Å². The summed E-state index contributed by atoms with van der Waals surface area (Å²) in [7, 11) is 0. The Labute approximate surface area is 176 Å². The second-order valence-electron chi connectivity index (χ2n) is 7.11. The maximum absolute atomic E-state index is 11.9. The summed E-state index contributed by atoms with van der Waals surface area (Å²) in [5.74, 6) is 1.09. The molecule has 30 heavy (non-hydrogen) atoms. The lowest BCUT2D eigenvalue weighted by Gasteiger charge is -2.13. The van der Waals surface area contributed by atoms with E-state index in [1.54, 1.807) is 25.1 Å². The second kappa shape index (κ2) is 9.32. The van der Waals surface area contributed by atoms with E-state index in [0.29, 0.717) is 23.5 Å². The zero-order valence-corrected chi connectivity index (χ0v) is 17.6. The summed E-state index contributed by atoms with van der Waals surface area (Å²) in [6.45, 7) is 10.4. The van der Waals surface area contributed by atoms with Gasteiger partial charge >= 0.3 is 5.97 Å². The molecule has 0 aliphatic rings. The zero-order chi connectivity index (χ0) is 21.7. The highest BCUT2D eigenvalue weighted by atomic mass is 16.5. The summed E-state index contributed by atoms with van der Waals surface area (Å²) >= 11 is 0. The number of carbonyl (C=O) groups excluding carboxylic acids is 1. The van der Waals surface area contributed by atoms with Gasteiger partial charge in [0.15, 0.2) is 0 Å². The molecule has 0 aliphatic carbocycles. The smallest absolute Gasteiger partial charge is 0.310 e. The Morgan fingerprint density at radius 1 is 1.20 bits per heavy atom. The van der Waals surface area contributed by atoms with E-state index in [9.17, 15) is 10.1 Å². The number of carbonyl (C=O) groups is 1. The molecular formula is C25H25NO4. The zero-order valence-electron chi connectivity index (χ0n) is 17.6. The molecule has 1 aromatic heterocycles. The fraction of sp³-hybridized carbons (Fsp3) is 0.280. The molecule has 0 atom stereocenters. The molecule has 0 bridgehead atoms. The lowest BCUT2D eigenvalue weighted by atomic mass is 10.0. The van der Waals surface area contributed by atoms with Crippen LogP contribution in [0.5, 0.6) is 5.75 Å². The predicted octanol–water partition coefficient (Wildman–Crippen LogP) is 5.58. The second-order valence-corrected chi connectivity index (χ2v) is 7.11. The third kappa shape index (κ3) is 4.72. The van der Waals surface area contributed by atoms with Gasteiger partial charge in [-0.05, 0) is 55.3 Å². The molecule has 5 nitrogen and oxygen atoms in total. The minimum Gasteiger partial charge on any atom is -0.489 e. The van der Waals surface area contributed by atoms with Gasteiger partial charge in [-0.1, -0.05) is 19.6 Å². The molecule has 5 heteroatoms. The van der Waals surface area contributed by atoms with Gasteiger partial charge in [-0.25, -0.2) is 0 Å². The third-order valence-electron chi connectivity index (χ3n) is 4.77. The Morgan fingerprint density at radius 3 is 2.67 bits per heavy atom. The third-order valence-corrected chi connectivity index (χ3v) is 4.77. The van der Waals surface area contributed by atoms with Crippen molar-refractivity contribution in [2.45, 2.75) is 40.2 Å². The van der Waals surface area contributed by atoms with Gasteiger partial charge < -0.3 is 13.9 Å². The van der Waals surface area contributed by atoms with Crippen molar-refractivity contribution in [2.24, 2.45) is 0 Å². The van der Waals surface area contributed by atoms with Gasteiger partial charge in [-0.15, -0.1) is 0 Å². The van der Waals surface area contributed by atoms with Crippen LogP contribution in [0.15, 0.2) is 47.4 Å². The molecule has 154 valence electrons. The van der Waals surface area contributed by atoms with E-state index >= 15 is 0 Å². The molecule has 0 N–H and O–H groups in total. The molecule has 0 saturated carbocycles. The monoisotopic (exact) mass is 403 g/mol.